The van der Waals surface area contributed by atoms with Crippen LogP contribution in [0.2, 0.25) is 0 Å². The number of carbonyl (C=O) groups is 1. The van der Waals surface area contributed by atoms with E-state index in [2.05, 4.69) is 15.5 Å². The summed E-state index contributed by atoms with van der Waals surface area (Å²) in [5.41, 5.74) is 2.42. The van der Waals surface area contributed by atoms with E-state index in [1.54, 1.807) is 24.3 Å². The minimum atomic E-state index is -0.277. The summed E-state index contributed by atoms with van der Waals surface area (Å²) in [4.78, 5) is 11.8. The maximum absolute atomic E-state index is 11.8. The summed E-state index contributed by atoms with van der Waals surface area (Å²) in [6.07, 6.45) is 1.51. The van der Waals surface area contributed by atoms with Crippen LogP contribution in [0.5, 0.6) is 0 Å². The van der Waals surface area contributed by atoms with E-state index in [0.29, 0.717) is 16.9 Å². The predicted octanol–water partition coefficient (Wildman–Crippen LogP) is 1.84. The van der Waals surface area contributed by atoms with Gasteiger partial charge in [-0.25, -0.2) is 0 Å². The first-order valence-electron chi connectivity index (χ1n) is 5.02. The Morgan fingerprint density at radius 3 is 2.94 bits per heavy atom. The van der Waals surface area contributed by atoms with Crippen LogP contribution in [0.3, 0.4) is 0 Å². The minimum absolute atomic E-state index is 0.277. The molecule has 1 heterocycles. The van der Waals surface area contributed by atoms with E-state index >= 15 is 0 Å². The number of nitriles is 1. The van der Waals surface area contributed by atoms with Crippen molar-refractivity contribution < 1.29 is 4.79 Å². The van der Waals surface area contributed by atoms with Crippen LogP contribution in [-0.4, -0.2) is 16.1 Å². The lowest BCUT2D eigenvalue weighted by molar-refractivity contribution is 0.102. The highest BCUT2D eigenvalue weighted by molar-refractivity contribution is 6.03. The third-order valence-electron chi connectivity index (χ3n) is 2.36. The number of amides is 1. The zero-order chi connectivity index (χ0) is 12.3. The van der Waals surface area contributed by atoms with Crippen LogP contribution in [0.4, 0.5) is 5.69 Å². The Bertz CT molecular complexity index is 581. The summed E-state index contributed by atoms with van der Waals surface area (Å²) in [6.45, 7) is 1.86. The fourth-order valence-corrected chi connectivity index (χ4v) is 1.40. The van der Waals surface area contributed by atoms with Crippen molar-refractivity contribution in [2.24, 2.45) is 0 Å². The zero-order valence-corrected chi connectivity index (χ0v) is 9.19. The van der Waals surface area contributed by atoms with Gasteiger partial charge in [0.2, 0.25) is 0 Å². The molecule has 0 radical (unpaired) electrons. The van der Waals surface area contributed by atoms with Crippen molar-refractivity contribution in [3.05, 3.63) is 47.3 Å². The molecule has 0 aliphatic rings. The minimum Gasteiger partial charge on any atom is -0.320 e. The van der Waals surface area contributed by atoms with Gasteiger partial charge in [-0.05, 0) is 30.7 Å². The number of hydrogen-bond donors (Lipinski definition) is 2. The Morgan fingerprint density at radius 1 is 1.47 bits per heavy atom. The van der Waals surface area contributed by atoms with Crippen LogP contribution >= 0.6 is 0 Å². The quantitative estimate of drug-likeness (QED) is 0.819. The molecule has 1 amide bonds. The smallest absolute Gasteiger partial charge is 0.273 e. The molecule has 0 atom stereocenters. The summed E-state index contributed by atoms with van der Waals surface area (Å²) in [5, 5.41) is 17.8. The van der Waals surface area contributed by atoms with Gasteiger partial charge in [0, 0.05) is 11.9 Å². The third-order valence-corrected chi connectivity index (χ3v) is 2.36. The van der Waals surface area contributed by atoms with Crippen molar-refractivity contribution in [3.8, 4) is 6.07 Å². The molecule has 5 heteroatoms. The second-order valence-corrected chi connectivity index (χ2v) is 3.57. The summed E-state index contributed by atoms with van der Waals surface area (Å²) in [5.74, 6) is -0.277. The molecule has 1 aromatic heterocycles. The second kappa shape index (κ2) is 4.49. The summed E-state index contributed by atoms with van der Waals surface area (Å²) >= 11 is 0. The molecular formula is C12H10N4O. The molecular weight excluding hydrogens is 216 g/mol. The number of hydrogen-bond acceptors (Lipinski definition) is 3. The highest BCUT2D eigenvalue weighted by Gasteiger charge is 2.09. The Hall–Kier alpha value is -2.61. The van der Waals surface area contributed by atoms with E-state index in [9.17, 15) is 4.79 Å². The van der Waals surface area contributed by atoms with Crippen molar-refractivity contribution in [1.82, 2.24) is 10.2 Å². The molecule has 2 N–H and O–H groups in total. The van der Waals surface area contributed by atoms with Gasteiger partial charge in [0.15, 0.2) is 0 Å². The van der Waals surface area contributed by atoms with Crippen molar-refractivity contribution in [3.63, 3.8) is 0 Å². The molecule has 2 rings (SSSR count). The Morgan fingerprint density at radius 2 is 2.29 bits per heavy atom. The molecule has 84 valence electrons. The Kier molecular flexibility index (Phi) is 2.88. The number of aromatic amines is 1. The molecule has 0 aliphatic heterocycles. The number of rotatable bonds is 2. The Labute approximate surface area is 98.1 Å². The van der Waals surface area contributed by atoms with Crippen LogP contribution in [0.25, 0.3) is 0 Å². The van der Waals surface area contributed by atoms with Crippen LogP contribution in [0.1, 0.15) is 21.6 Å². The number of anilines is 1. The maximum atomic E-state index is 11.8. The van der Waals surface area contributed by atoms with Gasteiger partial charge in [0.05, 0.1) is 11.6 Å². The van der Waals surface area contributed by atoms with Gasteiger partial charge in [0.25, 0.3) is 5.91 Å². The van der Waals surface area contributed by atoms with Crippen LogP contribution in [-0.2, 0) is 0 Å². The van der Waals surface area contributed by atoms with Gasteiger partial charge in [-0.15, -0.1) is 0 Å². The lowest BCUT2D eigenvalue weighted by Crippen LogP contribution is -2.13. The summed E-state index contributed by atoms with van der Waals surface area (Å²) < 4.78 is 0. The average Bonchev–Trinajstić information content (AvgIpc) is 2.85. The highest BCUT2D eigenvalue weighted by Crippen LogP contribution is 2.17. The first-order chi connectivity index (χ1) is 8.20. The predicted molar refractivity (Wildman–Crippen MR) is 62.4 cm³/mol. The number of carbonyl (C=O) groups excluding carboxylic acids is 1. The van der Waals surface area contributed by atoms with Crippen molar-refractivity contribution in [2.75, 3.05) is 5.32 Å². The molecule has 0 aliphatic carbocycles. The maximum Gasteiger partial charge on any atom is 0.273 e. The number of aromatic nitrogens is 2. The molecule has 2 aromatic rings. The van der Waals surface area contributed by atoms with Gasteiger partial charge in [-0.1, -0.05) is 6.07 Å². The van der Waals surface area contributed by atoms with Crippen molar-refractivity contribution in [1.29, 1.82) is 5.26 Å². The lowest BCUT2D eigenvalue weighted by Gasteiger charge is -2.07. The monoisotopic (exact) mass is 226 g/mol. The van der Waals surface area contributed by atoms with Crippen molar-refractivity contribution in [2.45, 2.75) is 6.92 Å². The summed E-state index contributed by atoms with van der Waals surface area (Å²) in [6, 6.07) is 8.76. The first kappa shape index (κ1) is 10.9. The van der Waals surface area contributed by atoms with Gasteiger partial charge in [-0.2, -0.15) is 10.4 Å². The number of H-pyrrole nitrogens is 1. The van der Waals surface area contributed by atoms with Crippen molar-refractivity contribution >= 4 is 11.6 Å². The highest BCUT2D eigenvalue weighted by atomic mass is 16.1. The van der Waals surface area contributed by atoms with E-state index in [4.69, 9.17) is 5.26 Å². The molecule has 0 saturated carbocycles. The third kappa shape index (κ3) is 2.32. The molecule has 17 heavy (non-hydrogen) atoms. The fraction of sp³-hybridized carbons (Fsp3) is 0.0833. The molecule has 5 nitrogen and oxygen atoms in total. The van der Waals surface area contributed by atoms with Crippen LogP contribution in [0.15, 0.2) is 30.5 Å². The number of nitrogens with one attached hydrogen (secondary N) is 2. The first-order valence-corrected chi connectivity index (χ1v) is 5.02. The van der Waals surface area contributed by atoms with Gasteiger partial charge >= 0.3 is 0 Å². The normalized spacial score (nSPS) is 9.65. The van der Waals surface area contributed by atoms with E-state index in [-0.39, 0.29) is 5.91 Å². The standard InChI is InChI=1S/C12H10N4O/c1-8-2-3-9(7-13)6-11(8)15-12(17)10-4-5-14-16-10/h2-6H,1H3,(H,14,16)(H,15,17). The molecule has 0 unspecified atom stereocenters. The molecule has 0 spiro atoms. The molecule has 0 saturated heterocycles. The molecule has 0 bridgehead atoms. The molecule has 0 fully saturated rings. The molecule has 1 aromatic carbocycles. The van der Waals surface area contributed by atoms with Gasteiger partial charge < -0.3 is 5.32 Å². The van der Waals surface area contributed by atoms with Crippen LogP contribution < -0.4 is 5.32 Å². The van der Waals surface area contributed by atoms with E-state index in [1.807, 2.05) is 13.0 Å². The number of benzene rings is 1. The van der Waals surface area contributed by atoms with E-state index < -0.39 is 0 Å². The number of nitrogens with zero attached hydrogens (tertiary/aromatic N) is 2. The van der Waals surface area contributed by atoms with Gasteiger partial charge in [-0.3, -0.25) is 9.89 Å². The van der Waals surface area contributed by atoms with E-state index in [1.165, 1.54) is 6.20 Å². The number of aryl methyl sites for hydroxylation is 1. The van der Waals surface area contributed by atoms with Crippen LogP contribution in [0, 0.1) is 18.3 Å². The Balaban J connectivity index is 2.25. The zero-order valence-electron chi connectivity index (χ0n) is 9.19. The largest absolute Gasteiger partial charge is 0.320 e. The SMILES string of the molecule is Cc1ccc(C#N)cc1NC(=O)c1ccn[nH]1. The second-order valence-electron chi connectivity index (χ2n) is 3.57. The lowest BCUT2D eigenvalue weighted by atomic mass is 10.1. The topological polar surface area (TPSA) is 81.6 Å². The average molecular weight is 226 g/mol. The summed E-state index contributed by atoms with van der Waals surface area (Å²) in [7, 11) is 0. The van der Waals surface area contributed by atoms with E-state index in [0.717, 1.165) is 5.56 Å². The van der Waals surface area contributed by atoms with Gasteiger partial charge in [0.1, 0.15) is 5.69 Å². The fourth-order valence-electron chi connectivity index (χ4n) is 1.40.